The molecule has 0 radical (unpaired) electrons. The van der Waals surface area contributed by atoms with Gasteiger partial charge in [-0.1, -0.05) is 6.92 Å². The molecule has 0 spiro atoms. The number of fused-ring (bicyclic) bond motifs is 1. The maximum absolute atomic E-state index is 13.1. The summed E-state index contributed by atoms with van der Waals surface area (Å²) in [6, 6.07) is 5.76. The average molecular weight is 357 g/mol. The number of H-pyrrole nitrogens is 1. The highest BCUT2D eigenvalue weighted by Crippen LogP contribution is 2.15. The van der Waals surface area contributed by atoms with Crippen molar-refractivity contribution in [3.63, 3.8) is 0 Å². The van der Waals surface area contributed by atoms with E-state index in [1.54, 1.807) is 18.2 Å². The predicted octanol–water partition coefficient (Wildman–Crippen LogP) is 2.36. The molecule has 2 N–H and O–H groups in total. The molecule has 0 bridgehead atoms. The normalized spacial score (nSPS) is 20.3. The number of hydrogen-bond acceptors (Lipinski definition) is 3. The van der Waals surface area contributed by atoms with Crippen LogP contribution in [-0.4, -0.2) is 30.1 Å². The molecule has 140 valence electrons. The van der Waals surface area contributed by atoms with E-state index in [1.807, 2.05) is 13.8 Å². The Morgan fingerprint density at radius 2 is 2.15 bits per heavy atom. The van der Waals surface area contributed by atoms with Crippen molar-refractivity contribution in [1.82, 2.24) is 4.98 Å². The second-order valence-electron chi connectivity index (χ2n) is 7.44. The van der Waals surface area contributed by atoms with Crippen molar-refractivity contribution in [2.75, 3.05) is 13.2 Å². The van der Waals surface area contributed by atoms with Crippen molar-refractivity contribution in [1.29, 1.82) is 0 Å². The number of quaternary nitrogens is 1. The number of aromatic nitrogens is 1. The lowest BCUT2D eigenvalue weighted by atomic mass is 10.0. The second-order valence-corrected chi connectivity index (χ2v) is 7.44. The highest BCUT2D eigenvalue weighted by molar-refractivity contribution is 5.94. The number of benzene rings is 1. The molecule has 0 saturated carbocycles. The number of carbonyl (C=O) groups excluding carboxylic acids is 1. The van der Waals surface area contributed by atoms with E-state index in [4.69, 9.17) is 4.74 Å². The van der Waals surface area contributed by atoms with Gasteiger partial charge in [-0.25, -0.2) is 4.79 Å². The maximum atomic E-state index is 13.1. The monoisotopic (exact) mass is 357 g/mol. The Balaban J connectivity index is 1.96. The first-order valence-corrected chi connectivity index (χ1v) is 9.68. The van der Waals surface area contributed by atoms with Crippen LogP contribution < -0.4 is 10.3 Å². The topological polar surface area (TPSA) is 63.6 Å². The lowest BCUT2D eigenvalue weighted by Crippen LogP contribution is -3.15. The summed E-state index contributed by atoms with van der Waals surface area (Å²) < 4.78 is 5.20. The average Bonchev–Trinajstić information content (AvgIpc) is 2.64. The lowest BCUT2D eigenvalue weighted by molar-refractivity contribution is -0.942. The third kappa shape index (κ3) is 3.83. The summed E-state index contributed by atoms with van der Waals surface area (Å²) in [5.41, 5.74) is 3.00. The van der Waals surface area contributed by atoms with Gasteiger partial charge in [0.15, 0.2) is 5.43 Å². The molecule has 1 fully saturated rings. The van der Waals surface area contributed by atoms with E-state index in [-0.39, 0.29) is 11.4 Å². The van der Waals surface area contributed by atoms with Crippen molar-refractivity contribution < 1.29 is 14.4 Å². The summed E-state index contributed by atoms with van der Waals surface area (Å²) in [7, 11) is 0. The van der Waals surface area contributed by atoms with E-state index in [9.17, 15) is 9.59 Å². The molecule has 26 heavy (non-hydrogen) atoms. The van der Waals surface area contributed by atoms with Crippen LogP contribution in [0.2, 0.25) is 0 Å². The Morgan fingerprint density at radius 1 is 1.35 bits per heavy atom. The molecular weight excluding hydrogens is 328 g/mol. The van der Waals surface area contributed by atoms with E-state index in [2.05, 4.69) is 11.9 Å². The summed E-state index contributed by atoms with van der Waals surface area (Å²) in [4.78, 5) is 30.1. The zero-order valence-corrected chi connectivity index (χ0v) is 16.0. The molecule has 2 heterocycles. The summed E-state index contributed by atoms with van der Waals surface area (Å²) >= 11 is 0. The van der Waals surface area contributed by atoms with E-state index in [0.717, 1.165) is 36.3 Å². The van der Waals surface area contributed by atoms with Crippen LogP contribution in [0.5, 0.6) is 0 Å². The van der Waals surface area contributed by atoms with Gasteiger partial charge in [0.1, 0.15) is 6.54 Å². The van der Waals surface area contributed by atoms with Crippen LogP contribution in [0.25, 0.3) is 10.9 Å². The Labute approximate surface area is 154 Å². The molecule has 3 rings (SSSR count). The molecule has 2 aromatic rings. The summed E-state index contributed by atoms with van der Waals surface area (Å²) in [5, 5.41) is 0.570. The molecule has 5 heteroatoms. The molecule has 0 aliphatic carbocycles. The molecule has 1 saturated heterocycles. The molecule has 5 nitrogen and oxygen atoms in total. The number of aromatic amines is 1. The highest BCUT2D eigenvalue weighted by Gasteiger charge is 2.24. The van der Waals surface area contributed by atoms with Gasteiger partial charge in [0.25, 0.3) is 0 Å². The number of hydrogen-bond donors (Lipinski definition) is 2. The number of esters is 1. The van der Waals surface area contributed by atoms with Gasteiger partial charge in [0, 0.05) is 16.6 Å². The fraction of sp³-hybridized carbons (Fsp3) is 0.524. The third-order valence-corrected chi connectivity index (χ3v) is 5.47. The van der Waals surface area contributed by atoms with Crippen molar-refractivity contribution in [3.05, 3.63) is 45.2 Å². The minimum atomic E-state index is -0.370. The number of nitrogens with one attached hydrogen (secondary N) is 2. The number of carbonyl (C=O) groups is 1. The minimum absolute atomic E-state index is 0.0339. The maximum Gasteiger partial charge on any atom is 0.338 e. The van der Waals surface area contributed by atoms with Crippen molar-refractivity contribution in [3.8, 4) is 0 Å². The van der Waals surface area contributed by atoms with Crippen molar-refractivity contribution in [2.24, 2.45) is 0 Å². The highest BCUT2D eigenvalue weighted by atomic mass is 16.5. The number of likely N-dealkylation sites (tertiary alicyclic amines) is 1. The molecule has 0 amide bonds. The van der Waals surface area contributed by atoms with E-state index in [1.165, 1.54) is 24.2 Å². The number of rotatable bonds is 5. The van der Waals surface area contributed by atoms with Gasteiger partial charge in [-0.05, 0) is 57.7 Å². The van der Waals surface area contributed by atoms with E-state index in [0.29, 0.717) is 23.6 Å². The lowest BCUT2D eigenvalue weighted by Gasteiger charge is -2.30. The Morgan fingerprint density at radius 3 is 2.88 bits per heavy atom. The first-order chi connectivity index (χ1) is 12.5. The predicted molar refractivity (Wildman–Crippen MR) is 103 cm³/mol. The molecule has 2 atom stereocenters. The number of pyridine rings is 1. The first-order valence-electron chi connectivity index (χ1n) is 9.68. The largest absolute Gasteiger partial charge is 0.462 e. The molecule has 1 aromatic carbocycles. The van der Waals surface area contributed by atoms with Gasteiger partial charge < -0.3 is 14.6 Å². The minimum Gasteiger partial charge on any atom is -0.462 e. The quantitative estimate of drug-likeness (QED) is 0.808. The Bertz CT molecular complexity index is 856. The molecule has 1 aliphatic heterocycles. The Kier molecular flexibility index (Phi) is 5.77. The second kappa shape index (κ2) is 8.04. The Hall–Kier alpha value is -2.14. The fourth-order valence-corrected chi connectivity index (χ4v) is 3.81. The van der Waals surface area contributed by atoms with Gasteiger partial charge in [-0.3, -0.25) is 4.79 Å². The summed E-state index contributed by atoms with van der Waals surface area (Å²) in [6.07, 6.45) is 4.49. The van der Waals surface area contributed by atoms with E-state index >= 15 is 0 Å². The van der Waals surface area contributed by atoms with Crippen LogP contribution in [0.15, 0.2) is 23.0 Å². The first kappa shape index (κ1) is 18.6. The SMILES string of the molecule is CCCOC(=O)c1ccc2[nH]c(C)c(C[NH+]3CCCC[C@H]3C)c(=O)c2c1. The standard InChI is InChI=1S/C21H28N2O3/c1-4-11-26-21(25)16-8-9-19-17(12-16)20(24)18(15(3)22-19)13-23-10-6-5-7-14(23)2/h8-9,12,14H,4-7,10-11,13H2,1-3H3,(H,22,24)/p+1/t14-/m1/s1. The fourth-order valence-electron chi connectivity index (χ4n) is 3.81. The van der Waals surface area contributed by atoms with Gasteiger partial charge in [0.2, 0.25) is 0 Å². The zero-order chi connectivity index (χ0) is 18.7. The molecular formula is C21H29N2O3+. The van der Waals surface area contributed by atoms with Crippen LogP contribution in [0.1, 0.15) is 61.1 Å². The van der Waals surface area contributed by atoms with Gasteiger partial charge in [0.05, 0.1) is 30.3 Å². The van der Waals surface area contributed by atoms with Crippen LogP contribution in [0.3, 0.4) is 0 Å². The van der Waals surface area contributed by atoms with Gasteiger partial charge in [-0.15, -0.1) is 0 Å². The smallest absolute Gasteiger partial charge is 0.338 e. The molecule has 1 aromatic heterocycles. The van der Waals surface area contributed by atoms with Crippen LogP contribution in [0, 0.1) is 6.92 Å². The number of piperidine rings is 1. The molecule has 1 unspecified atom stereocenters. The summed E-state index contributed by atoms with van der Waals surface area (Å²) in [6.45, 7) is 8.43. The summed E-state index contributed by atoms with van der Waals surface area (Å²) in [5.74, 6) is -0.370. The van der Waals surface area contributed by atoms with Crippen LogP contribution in [0.4, 0.5) is 0 Å². The van der Waals surface area contributed by atoms with Crippen LogP contribution in [-0.2, 0) is 11.3 Å². The third-order valence-electron chi connectivity index (χ3n) is 5.47. The molecule has 1 aliphatic rings. The van der Waals surface area contributed by atoms with Crippen molar-refractivity contribution >= 4 is 16.9 Å². The van der Waals surface area contributed by atoms with Gasteiger partial charge >= 0.3 is 5.97 Å². The van der Waals surface area contributed by atoms with Crippen LogP contribution >= 0.6 is 0 Å². The van der Waals surface area contributed by atoms with Gasteiger partial charge in [-0.2, -0.15) is 0 Å². The number of ether oxygens (including phenoxy) is 1. The van der Waals surface area contributed by atoms with Crippen molar-refractivity contribution in [2.45, 2.75) is 59.0 Å². The van der Waals surface area contributed by atoms with E-state index < -0.39 is 0 Å². The number of aryl methyl sites for hydroxylation is 1. The zero-order valence-electron chi connectivity index (χ0n) is 16.0.